The number of hydrogen-bond acceptors (Lipinski definition) is 5. The fourth-order valence-corrected chi connectivity index (χ4v) is 2.54. The van der Waals surface area contributed by atoms with E-state index in [9.17, 15) is 4.79 Å². The molecule has 2 heterocycles. The standard InChI is InChI=1S/C13H13N3O2S/c17-13(11-2-1-7-18-11)15-10-5-3-9(4-6-10)12-8-14-16-19-12/h3-6,8,11H,1-2,7H2,(H,15,17). The minimum Gasteiger partial charge on any atom is -0.368 e. The van der Waals surface area contributed by atoms with E-state index >= 15 is 0 Å². The molecule has 2 aromatic rings. The Bertz CT molecular complexity index is 548. The first kappa shape index (κ1) is 12.3. The lowest BCUT2D eigenvalue weighted by Gasteiger charge is -2.10. The van der Waals surface area contributed by atoms with Crippen LogP contribution in [0.5, 0.6) is 0 Å². The molecule has 0 spiro atoms. The summed E-state index contributed by atoms with van der Waals surface area (Å²) < 4.78 is 9.17. The number of anilines is 1. The molecular weight excluding hydrogens is 262 g/mol. The largest absolute Gasteiger partial charge is 0.368 e. The van der Waals surface area contributed by atoms with Gasteiger partial charge in [-0.05, 0) is 42.1 Å². The molecule has 1 unspecified atom stereocenters. The summed E-state index contributed by atoms with van der Waals surface area (Å²) in [5.74, 6) is -0.0651. The number of rotatable bonds is 3. The van der Waals surface area contributed by atoms with Crippen LogP contribution in [0.2, 0.25) is 0 Å². The number of nitrogens with zero attached hydrogens (tertiary/aromatic N) is 2. The van der Waals surface area contributed by atoms with Crippen molar-refractivity contribution in [2.24, 2.45) is 0 Å². The summed E-state index contributed by atoms with van der Waals surface area (Å²) in [5, 5.41) is 6.67. The lowest BCUT2D eigenvalue weighted by molar-refractivity contribution is -0.124. The van der Waals surface area contributed by atoms with Crippen LogP contribution in [0.4, 0.5) is 5.69 Å². The Morgan fingerprint density at radius 1 is 1.37 bits per heavy atom. The molecule has 0 saturated carbocycles. The molecule has 98 valence electrons. The van der Waals surface area contributed by atoms with Crippen molar-refractivity contribution >= 4 is 23.1 Å². The molecule has 19 heavy (non-hydrogen) atoms. The van der Waals surface area contributed by atoms with Crippen molar-refractivity contribution in [3.63, 3.8) is 0 Å². The highest BCUT2D eigenvalue weighted by Crippen LogP contribution is 2.23. The second-order valence-electron chi connectivity index (χ2n) is 4.35. The minimum atomic E-state index is -0.301. The molecule has 1 amide bonds. The average Bonchev–Trinajstić information content (AvgIpc) is 3.13. The highest BCUT2D eigenvalue weighted by molar-refractivity contribution is 7.09. The van der Waals surface area contributed by atoms with E-state index in [1.54, 1.807) is 6.20 Å². The van der Waals surface area contributed by atoms with E-state index in [1.165, 1.54) is 11.5 Å². The quantitative estimate of drug-likeness (QED) is 0.933. The summed E-state index contributed by atoms with van der Waals surface area (Å²) in [6, 6.07) is 7.64. The maximum Gasteiger partial charge on any atom is 0.253 e. The van der Waals surface area contributed by atoms with Gasteiger partial charge in [-0.25, -0.2) is 0 Å². The van der Waals surface area contributed by atoms with E-state index in [-0.39, 0.29) is 12.0 Å². The van der Waals surface area contributed by atoms with Crippen molar-refractivity contribution in [3.8, 4) is 10.4 Å². The van der Waals surface area contributed by atoms with Crippen molar-refractivity contribution in [2.45, 2.75) is 18.9 Å². The van der Waals surface area contributed by atoms with Crippen LogP contribution in [0.3, 0.4) is 0 Å². The molecule has 1 fully saturated rings. The summed E-state index contributed by atoms with van der Waals surface area (Å²) in [4.78, 5) is 12.9. The molecule has 0 radical (unpaired) electrons. The van der Waals surface area contributed by atoms with Gasteiger partial charge in [0.25, 0.3) is 5.91 Å². The maximum atomic E-state index is 11.9. The number of hydrogen-bond donors (Lipinski definition) is 1. The molecule has 1 aromatic heterocycles. The SMILES string of the molecule is O=C(Nc1ccc(-c2cnns2)cc1)C1CCCO1. The van der Waals surface area contributed by atoms with Crippen molar-refractivity contribution in [3.05, 3.63) is 30.5 Å². The first-order valence-electron chi connectivity index (χ1n) is 6.13. The molecule has 1 aliphatic heterocycles. The molecule has 1 N–H and O–H groups in total. The smallest absolute Gasteiger partial charge is 0.253 e. The first-order chi connectivity index (χ1) is 9.33. The topological polar surface area (TPSA) is 64.1 Å². The van der Waals surface area contributed by atoms with Gasteiger partial charge in [0.15, 0.2) is 0 Å². The van der Waals surface area contributed by atoms with E-state index < -0.39 is 0 Å². The molecular formula is C13H13N3O2S. The lowest BCUT2D eigenvalue weighted by Crippen LogP contribution is -2.26. The third-order valence-corrected chi connectivity index (χ3v) is 3.73. The predicted octanol–water partition coefficient (Wildman–Crippen LogP) is 2.32. The third kappa shape index (κ3) is 2.80. The lowest BCUT2D eigenvalue weighted by atomic mass is 10.1. The normalized spacial score (nSPS) is 18.4. The summed E-state index contributed by atoms with van der Waals surface area (Å²) in [6.45, 7) is 0.676. The van der Waals surface area contributed by atoms with Crippen LogP contribution < -0.4 is 5.32 Å². The number of nitrogens with one attached hydrogen (secondary N) is 1. The monoisotopic (exact) mass is 275 g/mol. The Kier molecular flexibility index (Phi) is 3.52. The van der Waals surface area contributed by atoms with Crippen molar-refractivity contribution in [2.75, 3.05) is 11.9 Å². The van der Waals surface area contributed by atoms with Gasteiger partial charge < -0.3 is 10.1 Å². The van der Waals surface area contributed by atoms with Gasteiger partial charge in [-0.15, -0.1) is 5.10 Å². The molecule has 5 nitrogen and oxygen atoms in total. The van der Waals surface area contributed by atoms with Crippen LogP contribution in [0, 0.1) is 0 Å². The number of aromatic nitrogens is 2. The second-order valence-corrected chi connectivity index (χ2v) is 5.14. The Morgan fingerprint density at radius 2 is 2.21 bits per heavy atom. The van der Waals surface area contributed by atoms with E-state index in [1.807, 2.05) is 24.3 Å². The van der Waals surface area contributed by atoms with Gasteiger partial charge in [0.1, 0.15) is 6.10 Å². The number of carbonyl (C=O) groups excluding carboxylic acids is 1. The Labute approximate surface area is 114 Å². The summed E-state index contributed by atoms with van der Waals surface area (Å²) in [5.41, 5.74) is 1.83. The molecule has 0 aliphatic carbocycles. The van der Waals surface area contributed by atoms with E-state index in [4.69, 9.17) is 4.74 Å². The van der Waals surface area contributed by atoms with Gasteiger partial charge in [-0.3, -0.25) is 4.79 Å². The number of benzene rings is 1. The number of amides is 1. The molecule has 1 atom stereocenters. The molecule has 0 bridgehead atoms. The summed E-state index contributed by atoms with van der Waals surface area (Å²) in [7, 11) is 0. The summed E-state index contributed by atoms with van der Waals surface area (Å²) >= 11 is 1.35. The van der Waals surface area contributed by atoms with Crippen molar-refractivity contribution in [1.29, 1.82) is 0 Å². The van der Waals surface area contributed by atoms with E-state index in [0.717, 1.165) is 29.0 Å². The number of ether oxygens (including phenoxy) is 1. The minimum absolute atomic E-state index is 0.0651. The van der Waals surface area contributed by atoms with E-state index in [0.29, 0.717) is 6.61 Å². The van der Waals surface area contributed by atoms with Crippen LogP contribution in [-0.2, 0) is 9.53 Å². The zero-order valence-electron chi connectivity index (χ0n) is 10.2. The van der Waals surface area contributed by atoms with Crippen LogP contribution >= 0.6 is 11.5 Å². The van der Waals surface area contributed by atoms with E-state index in [2.05, 4.69) is 14.9 Å². The van der Waals surface area contributed by atoms with Crippen molar-refractivity contribution < 1.29 is 9.53 Å². The molecule has 1 saturated heterocycles. The first-order valence-corrected chi connectivity index (χ1v) is 6.90. The molecule has 3 rings (SSSR count). The van der Waals surface area contributed by atoms with Gasteiger partial charge in [0.05, 0.1) is 11.1 Å². The van der Waals surface area contributed by atoms with Crippen LogP contribution in [-0.4, -0.2) is 28.2 Å². The zero-order chi connectivity index (χ0) is 13.1. The van der Waals surface area contributed by atoms with Gasteiger partial charge in [-0.1, -0.05) is 16.6 Å². The van der Waals surface area contributed by atoms with Gasteiger partial charge in [-0.2, -0.15) is 0 Å². The number of carbonyl (C=O) groups is 1. The van der Waals surface area contributed by atoms with Gasteiger partial charge >= 0.3 is 0 Å². The summed E-state index contributed by atoms with van der Waals surface area (Å²) in [6.07, 6.45) is 3.18. The fourth-order valence-electron chi connectivity index (χ4n) is 2.02. The zero-order valence-corrected chi connectivity index (χ0v) is 11.0. The molecule has 1 aromatic carbocycles. The van der Waals surface area contributed by atoms with Gasteiger partial charge in [0, 0.05) is 12.3 Å². The van der Waals surface area contributed by atoms with Gasteiger partial charge in [0.2, 0.25) is 0 Å². The van der Waals surface area contributed by atoms with Crippen LogP contribution in [0.1, 0.15) is 12.8 Å². The molecule has 6 heteroatoms. The predicted molar refractivity (Wildman–Crippen MR) is 72.9 cm³/mol. The average molecular weight is 275 g/mol. The maximum absolute atomic E-state index is 11.9. The second kappa shape index (κ2) is 5.46. The Morgan fingerprint density at radius 3 is 2.84 bits per heavy atom. The highest BCUT2D eigenvalue weighted by Gasteiger charge is 2.23. The Hall–Kier alpha value is -1.79. The molecule has 1 aliphatic rings. The third-order valence-electron chi connectivity index (χ3n) is 3.02. The van der Waals surface area contributed by atoms with Crippen LogP contribution in [0.15, 0.2) is 30.5 Å². The van der Waals surface area contributed by atoms with Crippen molar-refractivity contribution in [1.82, 2.24) is 9.59 Å². The fraction of sp³-hybridized carbons (Fsp3) is 0.308. The highest BCUT2D eigenvalue weighted by atomic mass is 32.1. The Balaban J connectivity index is 1.67. The van der Waals surface area contributed by atoms with Crippen LogP contribution in [0.25, 0.3) is 10.4 Å².